The molecule has 0 radical (unpaired) electrons. The van der Waals surface area contributed by atoms with Crippen molar-refractivity contribution in [1.29, 1.82) is 0 Å². The molecule has 3 saturated heterocycles. The lowest BCUT2D eigenvalue weighted by Crippen LogP contribution is -2.52. The summed E-state index contributed by atoms with van der Waals surface area (Å²) in [5, 5.41) is 31.4. The van der Waals surface area contributed by atoms with E-state index >= 15 is 0 Å². The fourth-order valence-corrected chi connectivity index (χ4v) is 7.75. The van der Waals surface area contributed by atoms with Gasteiger partial charge in [0.05, 0.1) is 6.61 Å². The molecule has 0 aromatic heterocycles. The van der Waals surface area contributed by atoms with Crippen molar-refractivity contribution >= 4 is 11.8 Å². The van der Waals surface area contributed by atoms with Crippen molar-refractivity contribution in [3.8, 4) is 5.75 Å². The SMILES string of the molecule is CCc1ccc([C@@H]2O[C@H](SC)[C@@H](O)[C@H](O)[C@H]2O)cc1Cc1ccc(O[C@H]2CCN([C@@H]3CO[C@H](c4cc(F)ccc4F)[C@@H](N)C3)C2)cc1. The number of aryl methyl sites for hydroxylation is 1. The van der Waals surface area contributed by atoms with Gasteiger partial charge in [-0.2, -0.15) is 0 Å². The topological polar surface area (TPSA) is 118 Å². The first-order chi connectivity index (χ1) is 22.6. The van der Waals surface area contributed by atoms with Gasteiger partial charge in [0.25, 0.3) is 0 Å². The van der Waals surface area contributed by atoms with Crippen molar-refractivity contribution in [2.45, 2.75) is 86.8 Å². The average Bonchev–Trinajstić information content (AvgIpc) is 3.54. The largest absolute Gasteiger partial charge is 0.489 e. The molecule has 0 aliphatic carbocycles. The van der Waals surface area contributed by atoms with Crippen LogP contribution in [0.5, 0.6) is 5.75 Å². The van der Waals surface area contributed by atoms with Gasteiger partial charge in [0.2, 0.25) is 0 Å². The van der Waals surface area contributed by atoms with Crippen LogP contribution in [0.2, 0.25) is 0 Å². The Bertz CT molecular complexity index is 1510. The number of halogens is 2. The first-order valence-corrected chi connectivity index (χ1v) is 17.6. The first-order valence-electron chi connectivity index (χ1n) is 16.3. The Hall–Kier alpha value is -2.61. The summed E-state index contributed by atoms with van der Waals surface area (Å²) >= 11 is 1.30. The zero-order valence-electron chi connectivity index (χ0n) is 26.7. The Balaban J connectivity index is 1.05. The van der Waals surface area contributed by atoms with Crippen molar-refractivity contribution in [3.63, 3.8) is 0 Å². The van der Waals surface area contributed by atoms with E-state index < -0.39 is 53.6 Å². The van der Waals surface area contributed by atoms with Gasteiger partial charge in [0.15, 0.2) is 0 Å². The molecule has 0 saturated carbocycles. The standard InChI is InChI=1S/C36H44F2N2O6S/c1-3-21-6-7-22(34-32(42)31(41)33(43)36(46-34)47-2)15-23(21)14-20-4-9-26(10-5-20)45-27-12-13-40(18-27)25-17-30(39)35(44-19-25)28-16-24(37)8-11-29(28)38/h4-11,15-16,25,27,30-36,41-43H,3,12-14,17-19,39H2,1-2H3/t25-,27-,30-,31+,32+,33-,34-,35+,36+/m0/s1. The molecule has 47 heavy (non-hydrogen) atoms. The molecule has 0 bridgehead atoms. The molecule has 8 nitrogen and oxygen atoms in total. The van der Waals surface area contributed by atoms with E-state index in [9.17, 15) is 24.1 Å². The number of nitrogens with zero attached hydrogens (tertiary/aromatic N) is 1. The van der Waals surface area contributed by atoms with E-state index in [1.807, 2.05) is 30.3 Å². The molecule has 3 fully saturated rings. The highest BCUT2D eigenvalue weighted by molar-refractivity contribution is 7.99. The van der Waals surface area contributed by atoms with Gasteiger partial charge in [0, 0.05) is 30.7 Å². The summed E-state index contributed by atoms with van der Waals surface area (Å²) < 4.78 is 46.4. The Morgan fingerprint density at radius 2 is 1.74 bits per heavy atom. The molecule has 0 amide bonds. The molecule has 3 heterocycles. The number of likely N-dealkylation sites (tertiary alicyclic amines) is 1. The minimum atomic E-state index is -1.29. The van der Waals surface area contributed by atoms with Crippen LogP contribution in [0.1, 0.15) is 59.8 Å². The molecule has 11 heteroatoms. The number of nitrogens with two attached hydrogens (primary N) is 1. The number of aliphatic hydroxyl groups is 3. The van der Waals surface area contributed by atoms with E-state index in [2.05, 4.69) is 24.0 Å². The summed E-state index contributed by atoms with van der Waals surface area (Å²) in [6.45, 7) is 4.06. The summed E-state index contributed by atoms with van der Waals surface area (Å²) in [7, 11) is 0. The van der Waals surface area contributed by atoms with Gasteiger partial charge in [-0.3, -0.25) is 4.90 Å². The molecule has 0 unspecified atom stereocenters. The molecule has 5 N–H and O–H groups in total. The smallest absolute Gasteiger partial charge is 0.132 e. The number of thioether (sulfide) groups is 1. The minimum absolute atomic E-state index is 0.0136. The molecular formula is C36H44F2N2O6S. The average molecular weight is 671 g/mol. The van der Waals surface area contributed by atoms with E-state index in [-0.39, 0.29) is 17.7 Å². The number of hydrogen-bond donors (Lipinski definition) is 4. The van der Waals surface area contributed by atoms with E-state index in [0.29, 0.717) is 19.4 Å². The highest BCUT2D eigenvalue weighted by Crippen LogP contribution is 2.37. The van der Waals surface area contributed by atoms with Crippen LogP contribution in [0.15, 0.2) is 60.7 Å². The van der Waals surface area contributed by atoms with Crippen LogP contribution in [-0.2, 0) is 22.3 Å². The third-order valence-corrected chi connectivity index (χ3v) is 10.6. The van der Waals surface area contributed by atoms with Crippen LogP contribution >= 0.6 is 11.8 Å². The van der Waals surface area contributed by atoms with Crippen LogP contribution in [0.4, 0.5) is 8.78 Å². The second kappa shape index (κ2) is 14.9. The molecule has 3 aliphatic rings. The number of rotatable bonds is 9. The van der Waals surface area contributed by atoms with E-state index in [1.54, 1.807) is 6.26 Å². The molecule has 0 spiro atoms. The normalized spacial score (nSPS) is 31.6. The minimum Gasteiger partial charge on any atom is -0.489 e. The van der Waals surface area contributed by atoms with Gasteiger partial charge in [-0.05, 0) is 84.5 Å². The Morgan fingerprint density at radius 3 is 2.47 bits per heavy atom. The maximum absolute atomic E-state index is 14.3. The molecular weight excluding hydrogens is 626 g/mol. The van der Waals surface area contributed by atoms with Crippen LogP contribution in [0, 0.1) is 11.6 Å². The number of aliphatic hydroxyl groups excluding tert-OH is 3. The fraction of sp³-hybridized carbons (Fsp3) is 0.500. The van der Waals surface area contributed by atoms with Gasteiger partial charge in [-0.15, -0.1) is 11.8 Å². The Labute approximate surface area is 278 Å². The highest BCUT2D eigenvalue weighted by atomic mass is 32.2. The van der Waals surface area contributed by atoms with Crippen LogP contribution in [0.25, 0.3) is 0 Å². The van der Waals surface area contributed by atoms with Gasteiger partial charge in [0.1, 0.15) is 59.4 Å². The molecule has 3 aromatic carbocycles. The number of hydrogen-bond acceptors (Lipinski definition) is 9. The molecule has 254 valence electrons. The predicted octanol–water partition coefficient (Wildman–Crippen LogP) is 4.27. The lowest BCUT2D eigenvalue weighted by atomic mass is 9.90. The lowest BCUT2D eigenvalue weighted by Gasteiger charge is -2.40. The molecule has 9 atom stereocenters. The summed E-state index contributed by atoms with van der Waals surface area (Å²) in [6, 6.07) is 17.1. The predicted molar refractivity (Wildman–Crippen MR) is 176 cm³/mol. The second-order valence-corrected chi connectivity index (χ2v) is 13.8. The van der Waals surface area contributed by atoms with Gasteiger partial charge in [-0.25, -0.2) is 8.78 Å². The van der Waals surface area contributed by atoms with Crippen LogP contribution < -0.4 is 10.5 Å². The van der Waals surface area contributed by atoms with E-state index in [0.717, 1.165) is 60.5 Å². The van der Waals surface area contributed by atoms with Crippen LogP contribution in [-0.4, -0.2) is 88.1 Å². The van der Waals surface area contributed by atoms with Crippen LogP contribution in [0.3, 0.4) is 0 Å². The molecule has 3 aliphatic heterocycles. The van der Waals surface area contributed by atoms with E-state index in [4.69, 9.17) is 19.9 Å². The van der Waals surface area contributed by atoms with Crippen molar-refractivity contribution in [1.82, 2.24) is 4.90 Å². The second-order valence-electron chi connectivity index (χ2n) is 12.8. The van der Waals surface area contributed by atoms with Crippen molar-refractivity contribution < 1.29 is 38.3 Å². The number of benzene rings is 3. The Morgan fingerprint density at radius 1 is 0.957 bits per heavy atom. The first kappa shape index (κ1) is 34.3. The highest BCUT2D eigenvalue weighted by Gasteiger charge is 2.44. The summed E-state index contributed by atoms with van der Waals surface area (Å²) in [6.07, 6.45) is -0.289. The summed E-state index contributed by atoms with van der Waals surface area (Å²) in [5.74, 6) is -0.228. The Kier molecular flexibility index (Phi) is 10.8. The van der Waals surface area contributed by atoms with Gasteiger partial charge < -0.3 is 35.3 Å². The zero-order chi connectivity index (χ0) is 33.2. The fourth-order valence-electron chi connectivity index (χ4n) is 7.08. The van der Waals surface area contributed by atoms with E-state index in [1.165, 1.54) is 23.4 Å². The summed E-state index contributed by atoms with van der Waals surface area (Å²) in [5.41, 5.74) is 10.1. The molecule has 3 aromatic rings. The van der Waals surface area contributed by atoms with Crippen molar-refractivity contribution in [2.24, 2.45) is 5.73 Å². The third-order valence-electron chi connectivity index (χ3n) is 9.72. The third kappa shape index (κ3) is 7.52. The van der Waals surface area contributed by atoms with Crippen molar-refractivity contribution in [3.05, 3.63) is 100 Å². The molecule has 6 rings (SSSR count). The monoisotopic (exact) mass is 670 g/mol. The maximum Gasteiger partial charge on any atom is 0.132 e. The lowest BCUT2D eigenvalue weighted by molar-refractivity contribution is -0.200. The zero-order valence-corrected chi connectivity index (χ0v) is 27.5. The summed E-state index contributed by atoms with van der Waals surface area (Å²) in [4.78, 5) is 2.31. The maximum atomic E-state index is 14.3. The number of ether oxygens (including phenoxy) is 3. The van der Waals surface area contributed by atoms with Crippen molar-refractivity contribution in [2.75, 3.05) is 26.0 Å². The van der Waals surface area contributed by atoms with Gasteiger partial charge in [-0.1, -0.05) is 37.3 Å². The quantitative estimate of drug-likeness (QED) is 0.265. The van der Waals surface area contributed by atoms with Gasteiger partial charge >= 0.3 is 0 Å².